The highest BCUT2D eigenvalue weighted by Gasteiger charge is 2.22. The minimum absolute atomic E-state index is 0.00718. The average Bonchev–Trinajstić information content (AvgIpc) is 2.85. The van der Waals surface area contributed by atoms with Crippen LogP contribution in [0.2, 0.25) is 0 Å². The standard InChI is InChI=1S/C34H52O4/c1-24(2)14-10-15-25(3)16-11-17-26(4)18-12-19-27(5)20-13-21-28(6)22-23-30-29(7)31(35)33(37-8)34(38-9)32(30)36/h14,16,18,20,22,35-36H,10-13,15,17,19,21,23H2,1-9H3/b25-16+,26-18-,27-20+,28-22+. The highest BCUT2D eigenvalue weighted by Crippen LogP contribution is 2.48. The summed E-state index contributed by atoms with van der Waals surface area (Å²) in [5, 5.41) is 21.1. The molecule has 0 spiro atoms. The van der Waals surface area contributed by atoms with Crippen LogP contribution in [0.3, 0.4) is 0 Å². The van der Waals surface area contributed by atoms with Crippen molar-refractivity contribution in [2.45, 2.75) is 106 Å². The molecule has 0 unspecified atom stereocenters. The van der Waals surface area contributed by atoms with Gasteiger partial charge in [-0.15, -0.1) is 0 Å². The zero-order valence-electron chi connectivity index (χ0n) is 25.5. The van der Waals surface area contributed by atoms with Gasteiger partial charge in [-0.1, -0.05) is 58.2 Å². The highest BCUT2D eigenvalue weighted by molar-refractivity contribution is 5.66. The summed E-state index contributed by atoms with van der Waals surface area (Å²) in [4.78, 5) is 0. The second-order valence-electron chi connectivity index (χ2n) is 10.7. The smallest absolute Gasteiger partial charge is 0.207 e. The quantitative estimate of drug-likeness (QED) is 0.167. The first-order valence-electron chi connectivity index (χ1n) is 13.9. The Balaban J connectivity index is 2.51. The summed E-state index contributed by atoms with van der Waals surface area (Å²) in [6.07, 6.45) is 20.8. The molecule has 0 atom stereocenters. The van der Waals surface area contributed by atoms with E-state index in [4.69, 9.17) is 9.47 Å². The van der Waals surface area contributed by atoms with Crippen LogP contribution in [-0.4, -0.2) is 24.4 Å². The molecule has 0 heterocycles. The van der Waals surface area contributed by atoms with Crippen molar-refractivity contribution in [2.24, 2.45) is 0 Å². The summed E-state index contributed by atoms with van der Waals surface area (Å²) in [7, 11) is 2.90. The number of methoxy groups -OCH3 is 2. The molecule has 38 heavy (non-hydrogen) atoms. The van der Waals surface area contributed by atoms with Crippen molar-refractivity contribution in [1.82, 2.24) is 0 Å². The van der Waals surface area contributed by atoms with Crippen LogP contribution in [0, 0.1) is 6.92 Å². The van der Waals surface area contributed by atoms with Crippen LogP contribution in [0.1, 0.15) is 104 Å². The second kappa shape index (κ2) is 17.6. The number of hydrogen-bond acceptors (Lipinski definition) is 4. The zero-order chi connectivity index (χ0) is 28.7. The Morgan fingerprint density at radius 1 is 0.579 bits per heavy atom. The van der Waals surface area contributed by atoms with Crippen LogP contribution >= 0.6 is 0 Å². The lowest BCUT2D eigenvalue weighted by Gasteiger charge is -2.17. The number of rotatable bonds is 16. The molecule has 2 N–H and O–H groups in total. The second-order valence-corrected chi connectivity index (χ2v) is 10.7. The lowest BCUT2D eigenvalue weighted by Crippen LogP contribution is -1.98. The van der Waals surface area contributed by atoms with Crippen molar-refractivity contribution in [2.75, 3.05) is 14.2 Å². The van der Waals surface area contributed by atoms with E-state index >= 15 is 0 Å². The van der Waals surface area contributed by atoms with E-state index in [0.29, 0.717) is 17.5 Å². The minimum atomic E-state index is 0.00718. The van der Waals surface area contributed by atoms with E-state index in [1.807, 2.05) is 0 Å². The van der Waals surface area contributed by atoms with Crippen LogP contribution in [0.5, 0.6) is 23.0 Å². The summed E-state index contributed by atoms with van der Waals surface area (Å²) >= 11 is 0. The molecule has 212 valence electrons. The van der Waals surface area contributed by atoms with Crippen molar-refractivity contribution in [3.63, 3.8) is 0 Å². The van der Waals surface area contributed by atoms with E-state index in [1.165, 1.54) is 42.1 Å². The summed E-state index contributed by atoms with van der Waals surface area (Å²) < 4.78 is 10.5. The molecule has 1 rings (SSSR count). The van der Waals surface area contributed by atoms with Crippen molar-refractivity contribution in [3.05, 3.63) is 69.4 Å². The maximum atomic E-state index is 10.6. The maximum Gasteiger partial charge on any atom is 0.207 e. The molecule has 0 fully saturated rings. The molecule has 1 aromatic carbocycles. The zero-order valence-corrected chi connectivity index (χ0v) is 25.5. The number of aromatic hydroxyl groups is 2. The molecule has 0 aliphatic heterocycles. The Kier molecular flexibility index (Phi) is 15.3. The minimum Gasteiger partial charge on any atom is -0.504 e. The van der Waals surface area contributed by atoms with Crippen LogP contribution in [0.25, 0.3) is 0 Å². The van der Waals surface area contributed by atoms with Gasteiger partial charge in [-0.3, -0.25) is 0 Å². The molecule has 4 heteroatoms. The lowest BCUT2D eigenvalue weighted by atomic mass is 9.99. The first-order chi connectivity index (χ1) is 18.0. The van der Waals surface area contributed by atoms with Gasteiger partial charge in [0.1, 0.15) is 0 Å². The van der Waals surface area contributed by atoms with Gasteiger partial charge in [-0.25, -0.2) is 0 Å². The van der Waals surface area contributed by atoms with Gasteiger partial charge in [0.2, 0.25) is 11.5 Å². The first-order valence-corrected chi connectivity index (χ1v) is 13.9. The Bertz CT molecular complexity index is 1050. The third-order valence-corrected chi connectivity index (χ3v) is 6.98. The van der Waals surface area contributed by atoms with Crippen molar-refractivity contribution in [1.29, 1.82) is 0 Å². The normalized spacial score (nSPS) is 13.1. The molecule has 0 aliphatic rings. The largest absolute Gasteiger partial charge is 0.504 e. The molecule has 1 aromatic rings. The van der Waals surface area contributed by atoms with Crippen LogP contribution in [-0.2, 0) is 6.42 Å². The number of ether oxygens (including phenoxy) is 2. The van der Waals surface area contributed by atoms with Gasteiger partial charge in [0.15, 0.2) is 11.5 Å². The van der Waals surface area contributed by atoms with Gasteiger partial charge in [-0.2, -0.15) is 0 Å². The molecular weight excluding hydrogens is 472 g/mol. The molecule has 0 aromatic heterocycles. The van der Waals surface area contributed by atoms with Crippen LogP contribution in [0.4, 0.5) is 0 Å². The van der Waals surface area contributed by atoms with E-state index in [9.17, 15) is 10.2 Å². The predicted octanol–water partition coefficient (Wildman–Crippen LogP) is 9.84. The molecule has 0 saturated heterocycles. The van der Waals surface area contributed by atoms with E-state index in [1.54, 1.807) is 6.92 Å². The van der Waals surface area contributed by atoms with Crippen LogP contribution in [0.15, 0.2) is 58.2 Å². The monoisotopic (exact) mass is 524 g/mol. The molecule has 4 nitrogen and oxygen atoms in total. The Morgan fingerprint density at radius 3 is 1.34 bits per heavy atom. The third-order valence-electron chi connectivity index (χ3n) is 6.98. The summed E-state index contributed by atoms with van der Waals surface area (Å²) in [5.41, 5.74) is 8.31. The molecule has 0 amide bonds. The van der Waals surface area contributed by atoms with Crippen molar-refractivity contribution >= 4 is 0 Å². The topological polar surface area (TPSA) is 58.9 Å². The lowest BCUT2D eigenvalue weighted by molar-refractivity contribution is 0.314. The van der Waals surface area contributed by atoms with Gasteiger partial charge < -0.3 is 19.7 Å². The van der Waals surface area contributed by atoms with Crippen molar-refractivity contribution < 1.29 is 19.7 Å². The number of hydrogen-bond donors (Lipinski definition) is 2. The fourth-order valence-electron chi connectivity index (χ4n) is 4.38. The summed E-state index contributed by atoms with van der Waals surface area (Å²) in [6.45, 7) is 14.9. The summed E-state index contributed by atoms with van der Waals surface area (Å²) in [6, 6.07) is 0. The van der Waals surface area contributed by atoms with Crippen LogP contribution < -0.4 is 9.47 Å². The van der Waals surface area contributed by atoms with Gasteiger partial charge in [0.05, 0.1) is 14.2 Å². The summed E-state index contributed by atoms with van der Waals surface area (Å²) in [5.74, 6) is 0.359. The average molecular weight is 525 g/mol. The fourth-order valence-corrected chi connectivity index (χ4v) is 4.38. The van der Waals surface area contributed by atoms with Gasteiger partial charge in [-0.05, 0) is 106 Å². The Hall–Kier alpha value is -2.88. The van der Waals surface area contributed by atoms with Gasteiger partial charge in [0.25, 0.3) is 0 Å². The predicted molar refractivity (Wildman–Crippen MR) is 163 cm³/mol. The van der Waals surface area contributed by atoms with Gasteiger partial charge >= 0.3 is 0 Å². The number of benzene rings is 1. The Labute approximate surface area is 232 Å². The molecule has 0 bridgehead atoms. The van der Waals surface area contributed by atoms with Gasteiger partial charge in [0, 0.05) is 11.1 Å². The SMILES string of the molecule is COc1c(O)c(C)c(C/C=C(\C)CC/C=C(\C)CC/C=C(/C)CC/C=C(\C)CCC=C(C)C)c(O)c1OC. The van der Waals surface area contributed by atoms with E-state index in [2.05, 4.69) is 71.9 Å². The van der Waals surface area contributed by atoms with Crippen molar-refractivity contribution in [3.8, 4) is 23.0 Å². The number of phenols is 2. The Morgan fingerprint density at radius 2 is 0.947 bits per heavy atom. The number of phenolic OH excluding ortho intramolecular Hbond substituents is 2. The fraction of sp³-hybridized carbons (Fsp3) is 0.529. The number of allylic oxidation sites excluding steroid dienone is 10. The molecule has 0 aliphatic carbocycles. The highest BCUT2D eigenvalue weighted by atomic mass is 16.5. The van der Waals surface area contributed by atoms with E-state index in [-0.39, 0.29) is 23.0 Å². The molecule has 0 radical (unpaired) electrons. The third kappa shape index (κ3) is 11.7. The van der Waals surface area contributed by atoms with E-state index in [0.717, 1.165) is 51.4 Å². The van der Waals surface area contributed by atoms with E-state index < -0.39 is 0 Å². The molecule has 0 saturated carbocycles. The first kappa shape index (κ1) is 33.1. The maximum absolute atomic E-state index is 10.6. The molecular formula is C34H52O4.